The fourth-order valence-electron chi connectivity index (χ4n) is 4.94. The quantitative estimate of drug-likeness (QED) is 0.212. The number of hydrogen-bond donors (Lipinski definition) is 0. The highest BCUT2D eigenvalue weighted by molar-refractivity contribution is 5.80. The zero-order valence-corrected chi connectivity index (χ0v) is 22.7. The van der Waals surface area contributed by atoms with E-state index in [1.165, 1.54) is 0 Å². The van der Waals surface area contributed by atoms with Crippen molar-refractivity contribution in [1.82, 2.24) is 24.9 Å². The van der Waals surface area contributed by atoms with E-state index >= 15 is 0 Å². The van der Waals surface area contributed by atoms with Crippen molar-refractivity contribution in [2.75, 3.05) is 0 Å². The third-order valence-electron chi connectivity index (χ3n) is 7.05. The van der Waals surface area contributed by atoms with Crippen LogP contribution in [0.15, 0.2) is 152 Å². The zero-order chi connectivity index (χ0) is 28.1. The van der Waals surface area contributed by atoms with Gasteiger partial charge in [0.15, 0.2) is 17.5 Å². The second-order valence-electron chi connectivity index (χ2n) is 9.87. The molecule has 3 heterocycles. The van der Waals surface area contributed by atoms with Crippen molar-refractivity contribution in [2.24, 2.45) is 0 Å². The molecule has 198 valence electrons. The first kappa shape index (κ1) is 25.2. The number of benzene rings is 4. The Morgan fingerprint density at radius 1 is 0.333 bits per heavy atom. The molecule has 42 heavy (non-hydrogen) atoms. The molecule has 0 amide bonds. The van der Waals surface area contributed by atoms with Crippen molar-refractivity contribution in [2.45, 2.75) is 0 Å². The number of pyridine rings is 2. The monoisotopic (exact) mass is 539 g/mol. The molecule has 0 spiro atoms. The topological polar surface area (TPSA) is 64.5 Å². The van der Waals surface area contributed by atoms with Gasteiger partial charge >= 0.3 is 0 Å². The molecule has 0 saturated heterocycles. The highest BCUT2D eigenvalue weighted by Gasteiger charge is 2.15. The van der Waals surface area contributed by atoms with Crippen molar-refractivity contribution in [3.05, 3.63) is 152 Å². The van der Waals surface area contributed by atoms with Crippen LogP contribution in [0.3, 0.4) is 0 Å². The van der Waals surface area contributed by atoms with Crippen LogP contribution in [0.4, 0.5) is 0 Å². The molecule has 0 atom stereocenters. The van der Waals surface area contributed by atoms with Crippen LogP contribution in [-0.4, -0.2) is 24.9 Å². The van der Waals surface area contributed by atoms with E-state index in [2.05, 4.69) is 47.4 Å². The minimum Gasteiger partial charge on any atom is -0.264 e. The Balaban J connectivity index is 1.43. The summed E-state index contributed by atoms with van der Waals surface area (Å²) in [4.78, 5) is 23.9. The van der Waals surface area contributed by atoms with E-state index in [9.17, 15) is 0 Å². The van der Waals surface area contributed by atoms with Crippen LogP contribution in [0.5, 0.6) is 0 Å². The lowest BCUT2D eigenvalue weighted by Crippen LogP contribution is -2.00. The maximum Gasteiger partial charge on any atom is 0.164 e. The Hall–Kier alpha value is -5.81. The number of hydrogen-bond acceptors (Lipinski definition) is 5. The first-order chi connectivity index (χ1) is 20.8. The van der Waals surface area contributed by atoms with E-state index in [1.54, 1.807) is 6.20 Å². The van der Waals surface area contributed by atoms with Crippen molar-refractivity contribution >= 4 is 0 Å². The summed E-state index contributed by atoms with van der Waals surface area (Å²) >= 11 is 0. The standard InChI is InChI=1S/C37H25N5/c1-4-11-26(12-5-1)29-18-20-39-34(24-29)32-21-31(30-17-10-19-38-25-30)22-33(23-32)37-41-35(27-13-6-2-7-14-27)40-36(42-37)28-15-8-3-9-16-28/h1-25H. The van der Waals surface area contributed by atoms with Crippen LogP contribution in [0.25, 0.3) is 67.7 Å². The molecule has 0 unspecified atom stereocenters. The Kier molecular flexibility index (Phi) is 6.81. The van der Waals surface area contributed by atoms with Crippen molar-refractivity contribution in [3.8, 4) is 67.7 Å². The minimum absolute atomic E-state index is 0.592. The summed E-state index contributed by atoms with van der Waals surface area (Å²) in [6, 6.07) is 44.9. The zero-order valence-electron chi connectivity index (χ0n) is 22.7. The lowest BCUT2D eigenvalue weighted by molar-refractivity contribution is 1.07. The molecule has 0 radical (unpaired) electrons. The molecule has 0 fully saturated rings. The van der Waals surface area contributed by atoms with Gasteiger partial charge in [0.2, 0.25) is 0 Å². The Bertz CT molecular complexity index is 1900. The molecule has 0 bridgehead atoms. The summed E-state index contributed by atoms with van der Waals surface area (Å²) in [5.41, 5.74) is 8.81. The van der Waals surface area contributed by atoms with Gasteiger partial charge in [-0.15, -0.1) is 0 Å². The molecule has 7 aromatic rings. The van der Waals surface area contributed by atoms with Gasteiger partial charge in [0.25, 0.3) is 0 Å². The average molecular weight is 540 g/mol. The van der Waals surface area contributed by atoms with Gasteiger partial charge in [0.05, 0.1) is 5.69 Å². The molecule has 0 aliphatic heterocycles. The predicted molar refractivity (Wildman–Crippen MR) is 168 cm³/mol. The van der Waals surface area contributed by atoms with Gasteiger partial charge in [0, 0.05) is 46.4 Å². The third kappa shape index (κ3) is 5.31. The smallest absolute Gasteiger partial charge is 0.164 e. The van der Waals surface area contributed by atoms with Gasteiger partial charge in [0.1, 0.15) is 0 Å². The van der Waals surface area contributed by atoms with E-state index in [1.807, 2.05) is 103 Å². The molecule has 0 aliphatic carbocycles. The van der Waals surface area contributed by atoms with Crippen LogP contribution in [0.2, 0.25) is 0 Å². The number of nitrogens with zero attached hydrogens (tertiary/aromatic N) is 5. The van der Waals surface area contributed by atoms with Gasteiger partial charge in [-0.1, -0.05) is 97.1 Å². The summed E-state index contributed by atoms with van der Waals surface area (Å²) < 4.78 is 0. The summed E-state index contributed by atoms with van der Waals surface area (Å²) in [6.45, 7) is 0. The second kappa shape index (κ2) is 11.4. The van der Waals surface area contributed by atoms with Gasteiger partial charge in [-0.05, 0) is 53.1 Å². The van der Waals surface area contributed by atoms with Crippen LogP contribution < -0.4 is 0 Å². The molecule has 4 aromatic carbocycles. The molecule has 0 aliphatic rings. The number of aromatic nitrogens is 5. The van der Waals surface area contributed by atoms with Crippen LogP contribution in [-0.2, 0) is 0 Å². The van der Waals surface area contributed by atoms with Gasteiger partial charge in [-0.2, -0.15) is 0 Å². The van der Waals surface area contributed by atoms with E-state index in [-0.39, 0.29) is 0 Å². The number of rotatable bonds is 6. The van der Waals surface area contributed by atoms with E-state index < -0.39 is 0 Å². The van der Waals surface area contributed by atoms with E-state index in [0.717, 1.165) is 50.2 Å². The molecule has 5 heteroatoms. The van der Waals surface area contributed by atoms with Crippen LogP contribution in [0.1, 0.15) is 0 Å². The molecule has 0 N–H and O–H groups in total. The fraction of sp³-hybridized carbons (Fsp3) is 0. The molecule has 7 rings (SSSR count). The fourth-order valence-corrected chi connectivity index (χ4v) is 4.94. The summed E-state index contributed by atoms with van der Waals surface area (Å²) in [7, 11) is 0. The average Bonchev–Trinajstić information content (AvgIpc) is 3.09. The maximum absolute atomic E-state index is 4.98. The molecular formula is C37H25N5. The SMILES string of the molecule is c1ccc(-c2ccnc(-c3cc(-c4cccnc4)cc(-c4nc(-c5ccccc5)nc(-c5ccccc5)n4)c3)c2)cc1. The largest absolute Gasteiger partial charge is 0.264 e. The lowest BCUT2D eigenvalue weighted by Gasteiger charge is -2.12. The Labute approximate surface area is 244 Å². The second-order valence-corrected chi connectivity index (χ2v) is 9.87. The summed E-state index contributed by atoms with van der Waals surface area (Å²) in [6.07, 6.45) is 5.51. The van der Waals surface area contributed by atoms with Crippen molar-refractivity contribution in [1.29, 1.82) is 0 Å². The first-order valence-corrected chi connectivity index (χ1v) is 13.7. The third-order valence-corrected chi connectivity index (χ3v) is 7.05. The highest BCUT2D eigenvalue weighted by atomic mass is 15.0. The van der Waals surface area contributed by atoms with Gasteiger partial charge in [-0.3, -0.25) is 9.97 Å². The first-order valence-electron chi connectivity index (χ1n) is 13.7. The van der Waals surface area contributed by atoms with Crippen LogP contribution >= 0.6 is 0 Å². The Morgan fingerprint density at radius 3 is 1.45 bits per heavy atom. The van der Waals surface area contributed by atoms with E-state index in [0.29, 0.717) is 17.5 Å². The van der Waals surface area contributed by atoms with Gasteiger partial charge in [-0.25, -0.2) is 15.0 Å². The van der Waals surface area contributed by atoms with Crippen molar-refractivity contribution in [3.63, 3.8) is 0 Å². The predicted octanol–water partition coefficient (Wildman–Crippen LogP) is 8.66. The van der Waals surface area contributed by atoms with Crippen molar-refractivity contribution < 1.29 is 0 Å². The molecule has 5 nitrogen and oxygen atoms in total. The van der Waals surface area contributed by atoms with E-state index in [4.69, 9.17) is 19.9 Å². The lowest BCUT2D eigenvalue weighted by atomic mass is 9.97. The highest BCUT2D eigenvalue weighted by Crippen LogP contribution is 2.33. The molecule has 3 aromatic heterocycles. The molecular weight excluding hydrogens is 514 g/mol. The minimum atomic E-state index is 0.592. The van der Waals surface area contributed by atoms with Gasteiger partial charge < -0.3 is 0 Å². The molecule has 0 saturated carbocycles. The normalized spacial score (nSPS) is 10.9. The summed E-state index contributed by atoms with van der Waals surface area (Å²) in [5, 5.41) is 0. The Morgan fingerprint density at radius 2 is 0.857 bits per heavy atom. The summed E-state index contributed by atoms with van der Waals surface area (Å²) in [5.74, 6) is 1.84. The maximum atomic E-state index is 4.98. The van der Waals surface area contributed by atoms with Crippen LogP contribution in [0, 0.1) is 0 Å².